The largest absolute Gasteiger partial charge is 0.338 e. The summed E-state index contributed by atoms with van der Waals surface area (Å²) in [5.74, 6) is 0.142. The highest BCUT2D eigenvalue weighted by Crippen LogP contribution is 2.39. The van der Waals surface area contributed by atoms with Crippen LogP contribution in [0, 0.1) is 0 Å². The summed E-state index contributed by atoms with van der Waals surface area (Å²) in [6.45, 7) is 5.33. The van der Waals surface area contributed by atoms with Gasteiger partial charge in [-0.2, -0.15) is 5.10 Å². The van der Waals surface area contributed by atoms with Crippen molar-refractivity contribution in [1.29, 1.82) is 0 Å². The first kappa shape index (κ1) is 15.1. The Morgan fingerprint density at radius 2 is 2.09 bits per heavy atom. The van der Waals surface area contributed by atoms with E-state index in [1.54, 1.807) is 30.9 Å². The third kappa shape index (κ3) is 2.21. The Morgan fingerprint density at radius 1 is 1.32 bits per heavy atom. The van der Waals surface area contributed by atoms with Gasteiger partial charge in [0, 0.05) is 33.3 Å². The van der Waals surface area contributed by atoms with Crippen LogP contribution in [0.25, 0.3) is 0 Å². The fourth-order valence-electron chi connectivity index (χ4n) is 4.18. The van der Waals surface area contributed by atoms with Gasteiger partial charge in [0.05, 0.1) is 11.6 Å². The molecule has 2 amide bonds. The molecule has 6 nitrogen and oxygen atoms in total. The molecule has 0 aliphatic carbocycles. The fourth-order valence-corrected chi connectivity index (χ4v) is 4.18. The van der Waals surface area contributed by atoms with E-state index in [0.717, 1.165) is 38.8 Å². The highest BCUT2D eigenvalue weighted by molar-refractivity contribution is 5.93. The molecule has 0 radical (unpaired) electrons. The third-order valence-corrected chi connectivity index (χ3v) is 5.34. The standard InChI is InChI=1S/C16H24N4O2/c1-12(21)19-10-5-8-16(2)14(19)6-4-11-20(16)15(22)13-7-9-17-18(13)3/h7,9,14H,4-6,8,10-11H2,1-3H3/t14-,16-/m0/s1. The molecule has 3 heterocycles. The second-order valence-corrected chi connectivity index (χ2v) is 6.63. The average molecular weight is 304 g/mol. The van der Waals surface area contributed by atoms with Crippen molar-refractivity contribution >= 4 is 11.8 Å². The zero-order chi connectivity index (χ0) is 15.9. The van der Waals surface area contributed by atoms with Crippen LogP contribution in [0.1, 0.15) is 50.0 Å². The van der Waals surface area contributed by atoms with Crippen LogP contribution in [0.2, 0.25) is 0 Å². The molecule has 2 atom stereocenters. The van der Waals surface area contributed by atoms with Gasteiger partial charge in [0.1, 0.15) is 5.69 Å². The molecule has 1 aromatic rings. The lowest BCUT2D eigenvalue weighted by Gasteiger charge is -2.56. The zero-order valence-corrected chi connectivity index (χ0v) is 13.6. The summed E-state index contributed by atoms with van der Waals surface area (Å²) in [7, 11) is 1.79. The molecule has 22 heavy (non-hydrogen) atoms. The van der Waals surface area contributed by atoms with E-state index in [4.69, 9.17) is 0 Å². The van der Waals surface area contributed by atoms with E-state index in [9.17, 15) is 9.59 Å². The number of hydrogen-bond acceptors (Lipinski definition) is 3. The average Bonchev–Trinajstić information content (AvgIpc) is 2.90. The maximum atomic E-state index is 13.0. The number of carbonyl (C=O) groups excluding carboxylic acids is 2. The monoisotopic (exact) mass is 304 g/mol. The molecular formula is C16H24N4O2. The smallest absolute Gasteiger partial charge is 0.272 e. The summed E-state index contributed by atoms with van der Waals surface area (Å²) >= 11 is 0. The molecule has 0 spiro atoms. The van der Waals surface area contributed by atoms with Crippen LogP contribution in [-0.4, -0.2) is 56.1 Å². The molecule has 0 aromatic carbocycles. The van der Waals surface area contributed by atoms with Crippen LogP contribution in [-0.2, 0) is 11.8 Å². The maximum absolute atomic E-state index is 13.0. The van der Waals surface area contributed by atoms with Gasteiger partial charge in [0.2, 0.25) is 5.91 Å². The quantitative estimate of drug-likeness (QED) is 0.788. The molecule has 0 N–H and O–H groups in total. The predicted molar refractivity (Wildman–Crippen MR) is 82.3 cm³/mol. The molecule has 0 bridgehead atoms. The number of piperidine rings is 2. The minimum Gasteiger partial charge on any atom is -0.338 e. The molecule has 2 aliphatic heterocycles. The first-order chi connectivity index (χ1) is 10.4. The second kappa shape index (κ2) is 5.41. The Morgan fingerprint density at radius 3 is 2.73 bits per heavy atom. The van der Waals surface area contributed by atoms with Gasteiger partial charge in [-0.15, -0.1) is 0 Å². The molecule has 2 aliphatic rings. The molecule has 1 aromatic heterocycles. The number of nitrogens with zero attached hydrogens (tertiary/aromatic N) is 4. The van der Waals surface area contributed by atoms with Crippen molar-refractivity contribution in [3.63, 3.8) is 0 Å². The van der Waals surface area contributed by atoms with E-state index in [1.165, 1.54) is 0 Å². The van der Waals surface area contributed by atoms with Gasteiger partial charge in [-0.1, -0.05) is 0 Å². The Kier molecular flexibility index (Phi) is 3.70. The van der Waals surface area contributed by atoms with Gasteiger partial charge in [0.15, 0.2) is 0 Å². The minimum absolute atomic E-state index is 0.0256. The second-order valence-electron chi connectivity index (χ2n) is 6.63. The SMILES string of the molecule is CC(=O)N1CCC[C@@]2(C)[C@@H]1CCCN2C(=O)c1ccnn1C. The van der Waals surface area contributed by atoms with E-state index in [2.05, 4.69) is 12.0 Å². The van der Waals surface area contributed by atoms with Crippen molar-refractivity contribution in [3.05, 3.63) is 18.0 Å². The Balaban J connectivity index is 1.93. The molecule has 0 unspecified atom stereocenters. The van der Waals surface area contributed by atoms with Gasteiger partial charge in [-0.05, 0) is 38.7 Å². The van der Waals surface area contributed by atoms with Crippen molar-refractivity contribution in [1.82, 2.24) is 19.6 Å². The number of rotatable bonds is 1. The van der Waals surface area contributed by atoms with Gasteiger partial charge >= 0.3 is 0 Å². The summed E-state index contributed by atoms with van der Waals surface area (Å²) in [4.78, 5) is 28.9. The molecule has 6 heteroatoms. The van der Waals surface area contributed by atoms with Crippen LogP contribution in [0.5, 0.6) is 0 Å². The predicted octanol–water partition coefficient (Wildman–Crippen LogP) is 1.43. The summed E-state index contributed by atoms with van der Waals surface area (Å²) < 4.78 is 1.63. The maximum Gasteiger partial charge on any atom is 0.272 e. The highest BCUT2D eigenvalue weighted by Gasteiger charge is 2.50. The van der Waals surface area contributed by atoms with Crippen LogP contribution >= 0.6 is 0 Å². The van der Waals surface area contributed by atoms with Gasteiger partial charge in [0.25, 0.3) is 5.91 Å². The molecule has 3 rings (SSSR count). The summed E-state index contributed by atoms with van der Waals surface area (Å²) in [5, 5.41) is 4.11. The van der Waals surface area contributed by atoms with Crippen molar-refractivity contribution in [2.24, 2.45) is 7.05 Å². The summed E-state index contributed by atoms with van der Waals surface area (Å²) in [6, 6.07) is 1.89. The van der Waals surface area contributed by atoms with Gasteiger partial charge < -0.3 is 9.80 Å². The number of aryl methyl sites for hydroxylation is 1. The fraction of sp³-hybridized carbons (Fsp3) is 0.688. The number of carbonyl (C=O) groups is 2. The van der Waals surface area contributed by atoms with Crippen molar-refractivity contribution in [2.45, 2.75) is 51.1 Å². The van der Waals surface area contributed by atoms with Crippen LogP contribution < -0.4 is 0 Å². The number of likely N-dealkylation sites (tertiary alicyclic amines) is 2. The van der Waals surface area contributed by atoms with Gasteiger partial charge in [-0.3, -0.25) is 14.3 Å². The molecule has 120 valence electrons. The van der Waals surface area contributed by atoms with E-state index in [-0.39, 0.29) is 23.4 Å². The minimum atomic E-state index is -0.274. The first-order valence-electron chi connectivity index (χ1n) is 8.02. The number of hydrogen-bond donors (Lipinski definition) is 0. The van der Waals surface area contributed by atoms with Crippen molar-refractivity contribution in [2.75, 3.05) is 13.1 Å². The van der Waals surface area contributed by atoms with Crippen LogP contribution in [0.15, 0.2) is 12.3 Å². The number of fused-ring (bicyclic) bond motifs is 1. The van der Waals surface area contributed by atoms with E-state index < -0.39 is 0 Å². The first-order valence-corrected chi connectivity index (χ1v) is 8.02. The third-order valence-electron chi connectivity index (χ3n) is 5.34. The number of amides is 2. The lowest BCUT2D eigenvalue weighted by atomic mass is 9.76. The Hall–Kier alpha value is -1.85. The highest BCUT2D eigenvalue weighted by atomic mass is 16.2. The lowest BCUT2D eigenvalue weighted by Crippen LogP contribution is -2.68. The lowest BCUT2D eigenvalue weighted by molar-refractivity contribution is -0.140. The topological polar surface area (TPSA) is 58.4 Å². The summed E-state index contributed by atoms with van der Waals surface area (Å²) in [5.41, 5.74) is 0.339. The van der Waals surface area contributed by atoms with Crippen LogP contribution in [0.4, 0.5) is 0 Å². The Bertz CT molecular complexity index is 597. The Labute approximate surface area is 131 Å². The molecular weight excluding hydrogens is 280 g/mol. The van der Waals surface area contributed by atoms with E-state index >= 15 is 0 Å². The van der Waals surface area contributed by atoms with Crippen molar-refractivity contribution in [3.8, 4) is 0 Å². The number of aromatic nitrogens is 2. The zero-order valence-electron chi connectivity index (χ0n) is 13.6. The van der Waals surface area contributed by atoms with E-state index in [1.807, 2.05) is 9.80 Å². The molecule has 0 saturated carbocycles. The van der Waals surface area contributed by atoms with Gasteiger partial charge in [-0.25, -0.2) is 0 Å². The molecule has 2 saturated heterocycles. The van der Waals surface area contributed by atoms with Crippen molar-refractivity contribution < 1.29 is 9.59 Å². The van der Waals surface area contributed by atoms with Crippen LogP contribution in [0.3, 0.4) is 0 Å². The summed E-state index contributed by atoms with van der Waals surface area (Å²) in [6.07, 6.45) is 5.46. The normalized spacial score (nSPS) is 28.4. The van der Waals surface area contributed by atoms with E-state index in [0.29, 0.717) is 5.69 Å². The molecule has 2 fully saturated rings.